The first-order chi connectivity index (χ1) is 8.19. The first kappa shape index (κ1) is 11.2. The molecule has 1 saturated heterocycles. The van der Waals surface area contributed by atoms with E-state index in [2.05, 4.69) is 20.6 Å². The summed E-state index contributed by atoms with van der Waals surface area (Å²) in [4.78, 5) is 40.5. The number of carbonyl (C=O) groups excluding carboxylic acids is 3. The summed E-state index contributed by atoms with van der Waals surface area (Å²) in [6, 6.07) is -0.519. The van der Waals surface area contributed by atoms with Crippen LogP contribution in [-0.4, -0.2) is 34.1 Å². The van der Waals surface area contributed by atoms with E-state index in [0.717, 1.165) is 0 Å². The van der Waals surface area contributed by atoms with Crippen molar-refractivity contribution < 1.29 is 14.4 Å². The van der Waals surface area contributed by atoms with E-state index in [1.54, 1.807) is 0 Å². The fourth-order valence-electron chi connectivity index (χ4n) is 1.46. The SMILES string of the molecule is O=Cc1cnc(NC2CCC(=O)NC2=O)nc1. The molecule has 1 aliphatic rings. The van der Waals surface area contributed by atoms with E-state index in [4.69, 9.17) is 0 Å². The van der Waals surface area contributed by atoms with Crippen molar-refractivity contribution in [3.05, 3.63) is 18.0 Å². The highest BCUT2D eigenvalue weighted by Gasteiger charge is 2.26. The molecule has 0 aromatic carbocycles. The van der Waals surface area contributed by atoms with Crippen molar-refractivity contribution >= 4 is 24.0 Å². The van der Waals surface area contributed by atoms with Crippen molar-refractivity contribution in [2.24, 2.45) is 0 Å². The van der Waals surface area contributed by atoms with Gasteiger partial charge in [-0.05, 0) is 6.42 Å². The van der Waals surface area contributed by atoms with Crippen molar-refractivity contribution in [3.8, 4) is 0 Å². The Labute approximate surface area is 96.6 Å². The molecule has 0 radical (unpaired) electrons. The zero-order valence-corrected chi connectivity index (χ0v) is 8.84. The molecule has 7 nitrogen and oxygen atoms in total. The van der Waals surface area contributed by atoms with Gasteiger partial charge in [0.15, 0.2) is 6.29 Å². The molecule has 2 heterocycles. The third-order valence-electron chi connectivity index (χ3n) is 2.35. The molecular formula is C10H10N4O3. The number of nitrogens with one attached hydrogen (secondary N) is 2. The maximum atomic E-state index is 11.4. The van der Waals surface area contributed by atoms with Gasteiger partial charge in [0.05, 0.1) is 5.56 Å². The Hall–Kier alpha value is -2.31. The molecule has 88 valence electrons. The lowest BCUT2D eigenvalue weighted by Gasteiger charge is -2.21. The van der Waals surface area contributed by atoms with Gasteiger partial charge in [-0.15, -0.1) is 0 Å². The Morgan fingerprint density at radius 1 is 1.35 bits per heavy atom. The van der Waals surface area contributed by atoms with Gasteiger partial charge in [0, 0.05) is 18.8 Å². The minimum atomic E-state index is -0.519. The van der Waals surface area contributed by atoms with Gasteiger partial charge in [-0.2, -0.15) is 0 Å². The minimum absolute atomic E-state index is 0.255. The Morgan fingerprint density at radius 2 is 2.06 bits per heavy atom. The molecule has 2 rings (SSSR count). The van der Waals surface area contributed by atoms with Gasteiger partial charge in [-0.1, -0.05) is 0 Å². The van der Waals surface area contributed by atoms with E-state index >= 15 is 0 Å². The van der Waals surface area contributed by atoms with E-state index in [9.17, 15) is 14.4 Å². The fraction of sp³-hybridized carbons (Fsp3) is 0.300. The molecular weight excluding hydrogens is 224 g/mol. The number of aldehydes is 1. The van der Waals surface area contributed by atoms with Gasteiger partial charge < -0.3 is 5.32 Å². The van der Waals surface area contributed by atoms with E-state index in [0.29, 0.717) is 18.3 Å². The standard InChI is InChI=1S/C10H10N4O3/c15-5-6-3-11-10(12-4-6)13-7-1-2-8(16)14-9(7)17/h3-5,7H,1-2H2,(H,11,12,13)(H,14,16,17). The number of piperidine rings is 1. The lowest BCUT2D eigenvalue weighted by atomic mass is 10.1. The van der Waals surface area contributed by atoms with Crippen LogP contribution in [0.2, 0.25) is 0 Å². The summed E-state index contributed by atoms with van der Waals surface area (Å²) >= 11 is 0. The predicted octanol–water partition coefficient (Wildman–Crippen LogP) is -0.494. The van der Waals surface area contributed by atoms with Crippen LogP contribution >= 0.6 is 0 Å². The second-order valence-electron chi connectivity index (χ2n) is 3.61. The molecule has 0 saturated carbocycles. The quantitative estimate of drug-likeness (QED) is 0.540. The Balaban J connectivity index is 2.02. The van der Waals surface area contributed by atoms with Crippen LogP contribution in [0.5, 0.6) is 0 Å². The number of imide groups is 1. The van der Waals surface area contributed by atoms with Crippen molar-refractivity contribution in [1.29, 1.82) is 0 Å². The van der Waals surface area contributed by atoms with Gasteiger partial charge in [0.25, 0.3) is 0 Å². The lowest BCUT2D eigenvalue weighted by Crippen LogP contribution is -2.47. The molecule has 0 bridgehead atoms. The number of hydrogen-bond acceptors (Lipinski definition) is 6. The molecule has 1 aliphatic heterocycles. The normalized spacial score (nSPS) is 19.6. The number of rotatable bonds is 3. The second-order valence-corrected chi connectivity index (χ2v) is 3.61. The van der Waals surface area contributed by atoms with Crippen molar-refractivity contribution in [2.45, 2.75) is 18.9 Å². The third-order valence-corrected chi connectivity index (χ3v) is 2.35. The summed E-state index contributed by atoms with van der Waals surface area (Å²) in [5.41, 5.74) is 0.360. The zero-order valence-electron chi connectivity index (χ0n) is 8.84. The summed E-state index contributed by atoms with van der Waals surface area (Å²) in [5.74, 6) is -0.403. The maximum absolute atomic E-state index is 11.4. The average molecular weight is 234 g/mol. The van der Waals surface area contributed by atoms with E-state index in [-0.39, 0.29) is 24.2 Å². The molecule has 17 heavy (non-hydrogen) atoms. The van der Waals surface area contributed by atoms with Crippen LogP contribution in [0, 0.1) is 0 Å². The maximum Gasteiger partial charge on any atom is 0.249 e. The highest BCUT2D eigenvalue weighted by molar-refractivity contribution is 6.01. The fourth-order valence-corrected chi connectivity index (χ4v) is 1.46. The summed E-state index contributed by atoms with van der Waals surface area (Å²) in [6.45, 7) is 0. The van der Waals surface area contributed by atoms with E-state index < -0.39 is 6.04 Å². The molecule has 7 heteroatoms. The molecule has 1 aromatic heterocycles. The van der Waals surface area contributed by atoms with Crippen molar-refractivity contribution in [2.75, 3.05) is 5.32 Å². The van der Waals surface area contributed by atoms with Gasteiger partial charge in [0.2, 0.25) is 17.8 Å². The molecule has 0 aliphatic carbocycles. The molecule has 0 spiro atoms. The second kappa shape index (κ2) is 4.69. The lowest BCUT2D eigenvalue weighted by molar-refractivity contribution is -0.133. The monoisotopic (exact) mass is 234 g/mol. The molecule has 1 unspecified atom stereocenters. The average Bonchev–Trinajstić information content (AvgIpc) is 2.34. The van der Waals surface area contributed by atoms with Gasteiger partial charge in [0.1, 0.15) is 6.04 Å². The molecule has 2 amide bonds. The third kappa shape index (κ3) is 2.63. The first-order valence-corrected chi connectivity index (χ1v) is 5.06. The minimum Gasteiger partial charge on any atom is -0.342 e. The number of aromatic nitrogens is 2. The number of hydrogen-bond donors (Lipinski definition) is 2. The number of anilines is 1. The Kier molecular flexibility index (Phi) is 3.08. The first-order valence-electron chi connectivity index (χ1n) is 5.06. The van der Waals surface area contributed by atoms with Crippen molar-refractivity contribution in [1.82, 2.24) is 15.3 Å². The van der Waals surface area contributed by atoms with Crippen LogP contribution in [0.1, 0.15) is 23.2 Å². The number of amides is 2. The van der Waals surface area contributed by atoms with Crippen LogP contribution in [0.25, 0.3) is 0 Å². The molecule has 1 aromatic rings. The number of carbonyl (C=O) groups is 3. The molecule has 1 fully saturated rings. The topological polar surface area (TPSA) is 101 Å². The van der Waals surface area contributed by atoms with Crippen LogP contribution in [0.4, 0.5) is 5.95 Å². The van der Waals surface area contributed by atoms with Gasteiger partial charge in [-0.3, -0.25) is 19.7 Å². The molecule has 1 atom stereocenters. The largest absolute Gasteiger partial charge is 0.342 e. The highest BCUT2D eigenvalue weighted by atomic mass is 16.2. The predicted molar refractivity (Wildman–Crippen MR) is 57.2 cm³/mol. The highest BCUT2D eigenvalue weighted by Crippen LogP contribution is 2.09. The van der Waals surface area contributed by atoms with Crippen LogP contribution < -0.4 is 10.6 Å². The van der Waals surface area contributed by atoms with Crippen LogP contribution in [0.3, 0.4) is 0 Å². The van der Waals surface area contributed by atoms with E-state index in [1.165, 1.54) is 12.4 Å². The summed E-state index contributed by atoms with van der Waals surface area (Å²) in [5, 5.41) is 5.02. The van der Waals surface area contributed by atoms with Gasteiger partial charge in [-0.25, -0.2) is 9.97 Å². The van der Waals surface area contributed by atoms with Crippen LogP contribution in [0.15, 0.2) is 12.4 Å². The summed E-state index contributed by atoms with van der Waals surface area (Å²) < 4.78 is 0. The van der Waals surface area contributed by atoms with Crippen LogP contribution in [-0.2, 0) is 9.59 Å². The Morgan fingerprint density at radius 3 is 2.65 bits per heavy atom. The zero-order chi connectivity index (χ0) is 12.3. The van der Waals surface area contributed by atoms with Crippen molar-refractivity contribution in [3.63, 3.8) is 0 Å². The Bertz CT molecular complexity index is 457. The summed E-state index contributed by atoms with van der Waals surface area (Å²) in [6.07, 6.45) is 4.04. The number of nitrogens with zero attached hydrogens (tertiary/aromatic N) is 2. The molecule has 2 N–H and O–H groups in total. The summed E-state index contributed by atoms with van der Waals surface area (Å²) in [7, 11) is 0. The van der Waals surface area contributed by atoms with Gasteiger partial charge >= 0.3 is 0 Å². The van der Waals surface area contributed by atoms with E-state index in [1.807, 2.05) is 0 Å². The smallest absolute Gasteiger partial charge is 0.249 e.